The SMILES string of the molecule is C.C.C.C.C.CC(=O)O.CC(=O)O.CC1(C)OC[C@@H]2O[C@@]3(C(=O)O)OC(C)(C)O[C@H]3[C@@H]2O1.COC(=O)[C@@]12O[C@@H](CN)[C@@H](O)[C@@H]1OC(C)(C)O2.COC(=O)[C@@]12O[C@@H](CN=[N+]=[N-])[C@@H](O)[C@@H]1OC(C)(C)O2.COC(=O)[C@@]12O[C@@H](CO)[C@@H](O)[C@@H]1OC(C)(C)O2.COC(=O)[C@@]12O[C@@H](COS(=O)(=O)c3ccc(C)cc3)[C@@H](O)[C@@H]1OC(C)(C)O2.COC(=O)[C@@]12O[C@H]3COC(C)(C)O[C@H]3[C@@H]1OC(C)(C)O2.[Cu]. The molecule has 10 N–H and O–H groups in total. The van der Waals surface area contributed by atoms with Crippen molar-refractivity contribution in [3.63, 3.8) is 0 Å². The van der Waals surface area contributed by atoms with Gasteiger partial charge in [-0.25, -0.2) is 28.8 Å². The number of benzene rings is 1. The molecule has 133 heavy (non-hydrogen) atoms. The molecule has 14 saturated heterocycles. The van der Waals surface area contributed by atoms with Gasteiger partial charge in [-0.1, -0.05) is 59.9 Å². The van der Waals surface area contributed by atoms with Crippen molar-refractivity contribution in [3.05, 3.63) is 40.3 Å². The number of carbonyl (C=O) groups excluding carboxylic acids is 5. The molecule has 14 fully saturated rings. The fourth-order valence-electron chi connectivity index (χ4n) is 15.6. The molecule has 1 aromatic rings. The third-order valence-corrected chi connectivity index (χ3v) is 21.6. The number of fused-ring (bicyclic) bond motifs is 10. The van der Waals surface area contributed by atoms with E-state index in [1.165, 1.54) is 40.6 Å². The fraction of sp³-hybridized carbons (Fsp3) is 0.827. The maximum absolute atomic E-state index is 12.3. The van der Waals surface area contributed by atoms with Gasteiger partial charge < -0.3 is 174 Å². The third-order valence-electron chi connectivity index (χ3n) is 20.3. The van der Waals surface area contributed by atoms with Gasteiger partial charge in [-0.05, 0) is 135 Å². The van der Waals surface area contributed by atoms with Crippen molar-refractivity contribution in [2.45, 2.75) is 364 Å². The topological polar surface area (TPSA) is 666 Å². The van der Waals surface area contributed by atoms with Crippen molar-refractivity contribution in [1.29, 1.82) is 0 Å². The summed E-state index contributed by atoms with van der Waals surface area (Å²) in [5, 5.41) is 77.1. The number of aliphatic carboxylic acids is 3. The molecule has 0 aliphatic carbocycles. The van der Waals surface area contributed by atoms with Crippen LogP contribution in [0.4, 0.5) is 0 Å². The number of azide groups is 1. The van der Waals surface area contributed by atoms with E-state index in [4.69, 9.17) is 154 Å². The standard InChI is InChI=1S/C17H22O9S.C13H20O7.C12H18O7.C10H15N3O6.C10H17NO6.C10H16O7.2C2H4O2.5CH4.Cu/c1-10-5-7-11(8-6-10)27(20,21)23-9-12-13(18)14-17(24-12,15(19)22-4)26-16(2,3)25-14;1-11(2)16-6-7-8(18-11)9-13(17-7,10(14)15-5)20-12(3,4)19-9;1-10(2)15-5-6-7(17-10)8-12(16-6,9(13)14)19-11(3,4)18-8;1-9(2)18-7-6(14)5(4-12-13-11)17-10(7,19-9)8(15)16-3;2*1-9(2)16-7-6(12)5(4-11)15-10(7,17-9)8(13)14-3;2*1-2(3)4;;;;;;/h5-8,12-14,18H,9H2,1-4H3;7-9H,6H2,1-5H3;6-8H,5H2,1-4H3,(H,13,14);5-7,14H,4H2,1-3H3;5-7,12H,4,11H2,1-3H3;5-7,11-12H,4H2,1-3H3;2*1H3,(H,3,4);5*1H4;/t12-,13+,14-,17+;7-,8+,9-,13+;6-,7+,8-,12+;3*5-,6+,7-,10+;;;;;;;;/m000000......../s1. The molecule has 0 aromatic heterocycles. The van der Waals surface area contributed by atoms with Crippen LogP contribution in [0.2, 0.25) is 0 Å². The van der Waals surface area contributed by atoms with Crippen LogP contribution in [-0.2, 0) is 198 Å². The van der Waals surface area contributed by atoms with Crippen LogP contribution < -0.4 is 5.73 Å². The number of hydrogen-bond donors (Lipinski definition) is 9. The van der Waals surface area contributed by atoms with Crippen LogP contribution in [0.1, 0.15) is 167 Å². The molecule has 0 unspecified atom stereocenters. The molecule has 50 nitrogen and oxygen atoms in total. The van der Waals surface area contributed by atoms with Gasteiger partial charge >= 0.3 is 70.5 Å². The predicted octanol–water partition coefficient (Wildman–Crippen LogP) is 2.43. The molecule has 24 atom stereocenters. The molecular formula is C81H136CuN4O46S. The van der Waals surface area contributed by atoms with E-state index in [9.17, 15) is 62.7 Å². The number of esters is 5. The summed E-state index contributed by atoms with van der Waals surface area (Å²) in [5.74, 6) is -25.4. The predicted molar refractivity (Wildman–Crippen MR) is 442 cm³/mol. The van der Waals surface area contributed by atoms with Crippen molar-refractivity contribution in [2.24, 2.45) is 10.8 Å². The number of hydrogen-bond acceptors (Lipinski definition) is 45. The number of rotatable bonds is 14. The zero-order valence-electron chi connectivity index (χ0n) is 74.7. The maximum Gasteiger partial charge on any atom is 0.369 e. The molecule has 0 spiro atoms. The summed E-state index contributed by atoms with van der Waals surface area (Å²) in [7, 11) is 1.94. The molecule has 773 valence electrons. The van der Waals surface area contributed by atoms with Crippen LogP contribution in [0.15, 0.2) is 34.3 Å². The molecule has 14 aliphatic rings. The van der Waals surface area contributed by atoms with E-state index in [1.54, 1.807) is 109 Å². The number of carboxylic acids is 3. The molecule has 14 aliphatic heterocycles. The number of nitrogens with zero attached hydrogens (tertiary/aromatic N) is 3. The van der Waals surface area contributed by atoms with E-state index in [0.29, 0.717) is 6.61 Å². The van der Waals surface area contributed by atoms with Gasteiger partial charge in [0, 0.05) is 42.4 Å². The third kappa shape index (κ3) is 26.0. The van der Waals surface area contributed by atoms with Crippen LogP contribution in [-0.4, -0.2) is 363 Å². The van der Waals surface area contributed by atoms with Gasteiger partial charge in [-0.2, -0.15) is 8.42 Å². The summed E-state index contributed by atoms with van der Waals surface area (Å²) in [5.41, 5.74) is 14.6. The molecule has 14 heterocycles. The number of ether oxygens (including phenoxy) is 27. The first kappa shape index (κ1) is 123. The first-order valence-corrected chi connectivity index (χ1v) is 40.8. The summed E-state index contributed by atoms with van der Waals surface area (Å²) in [6.07, 6.45) is -16.0. The summed E-state index contributed by atoms with van der Waals surface area (Å²) in [4.78, 5) is 92.0. The second-order valence-corrected chi connectivity index (χ2v) is 35.5. The zero-order valence-corrected chi connectivity index (χ0v) is 76.4. The Morgan fingerprint density at radius 2 is 0.684 bits per heavy atom. The zero-order chi connectivity index (χ0) is 96.0. The van der Waals surface area contributed by atoms with Crippen LogP contribution in [0, 0.1) is 6.92 Å². The summed E-state index contributed by atoms with van der Waals surface area (Å²) in [6.45, 7) is 30.1. The normalized spacial score (nSPS) is 37.1. The van der Waals surface area contributed by atoms with Crippen LogP contribution in [0.25, 0.3) is 10.4 Å². The number of carbonyl (C=O) groups is 8. The molecule has 52 heteroatoms. The smallest absolute Gasteiger partial charge is 0.369 e. The molecular weight excluding hydrogens is 1860 g/mol. The molecule has 0 bridgehead atoms. The number of nitrogens with two attached hydrogens (primary N) is 1. The minimum absolute atomic E-state index is 0. The number of methoxy groups -OCH3 is 5. The van der Waals surface area contributed by atoms with Gasteiger partial charge in [0.2, 0.25) is 0 Å². The van der Waals surface area contributed by atoms with Gasteiger partial charge in [0.15, 0.2) is 82.9 Å². The quantitative estimate of drug-likeness (QED) is 0.0246. The maximum atomic E-state index is 12.3. The van der Waals surface area contributed by atoms with Gasteiger partial charge in [-0.3, -0.25) is 13.8 Å². The minimum Gasteiger partial charge on any atom is -0.481 e. The summed E-state index contributed by atoms with van der Waals surface area (Å²) >= 11 is 0. The molecule has 0 saturated carbocycles. The Morgan fingerprint density at radius 3 is 0.992 bits per heavy atom. The monoisotopic (exact) mass is 2000 g/mol. The Balaban J connectivity index is 0.000000529. The van der Waals surface area contributed by atoms with Crippen LogP contribution in [0.3, 0.4) is 0 Å². The first-order valence-electron chi connectivity index (χ1n) is 39.4. The van der Waals surface area contributed by atoms with Crippen molar-refractivity contribution < 1.29 is 237 Å². The van der Waals surface area contributed by atoms with Crippen molar-refractivity contribution in [2.75, 3.05) is 75.1 Å². The average molecular weight is 2000 g/mol. The molecule has 1 aromatic carbocycles. The Morgan fingerprint density at radius 1 is 0.421 bits per heavy atom. The van der Waals surface area contributed by atoms with Crippen LogP contribution in [0.5, 0.6) is 0 Å². The Kier molecular flexibility index (Phi) is 41.7. The van der Waals surface area contributed by atoms with E-state index in [2.05, 4.69) is 24.2 Å². The van der Waals surface area contributed by atoms with Gasteiger partial charge in [0.05, 0.1) is 79.5 Å². The molecule has 15 rings (SSSR count). The van der Waals surface area contributed by atoms with Crippen molar-refractivity contribution in [1.82, 2.24) is 0 Å². The van der Waals surface area contributed by atoms with E-state index >= 15 is 0 Å². The average Bonchev–Trinajstić information content (AvgIpc) is 1.52. The molecule has 0 amide bonds. The minimum atomic E-state index is -4.07. The van der Waals surface area contributed by atoms with E-state index in [-0.39, 0.29) is 78.8 Å². The van der Waals surface area contributed by atoms with E-state index < -0.39 is 262 Å². The second-order valence-electron chi connectivity index (χ2n) is 33.9. The fourth-order valence-corrected chi connectivity index (χ4v) is 16.6. The van der Waals surface area contributed by atoms with Crippen LogP contribution >= 0.6 is 0 Å². The largest absolute Gasteiger partial charge is 0.481 e. The Bertz CT molecular complexity index is 4210. The van der Waals surface area contributed by atoms with Gasteiger partial charge in [0.25, 0.3) is 22.1 Å². The number of aryl methyl sites for hydroxylation is 1. The second kappa shape index (κ2) is 45.2. The van der Waals surface area contributed by atoms with E-state index in [1.807, 2.05) is 20.8 Å². The van der Waals surface area contributed by atoms with Crippen molar-refractivity contribution >= 4 is 57.9 Å². The first-order chi connectivity index (χ1) is 58.4. The van der Waals surface area contributed by atoms with Gasteiger partial charge in [-0.15, -0.1) is 0 Å². The van der Waals surface area contributed by atoms with Gasteiger partial charge in [0.1, 0.15) is 67.1 Å². The summed E-state index contributed by atoms with van der Waals surface area (Å²) < 4.78 is 175. The number of aliphatic hydroxyl groups excluding tert-OH is 5. The Hall–Kier alpha value is -6.40. The number of aliphatic hydroxyl groups is 5. The molecule has 1 radical (unpaired) electrons. The Labute approximate surface area is 782 Å². The van der Waals surface area contributed by atoms with E-state index in [0.717, 1.165) is 26.5 Å². The van der Waals surface area contributed by atoms with Crippen molar-refractivity contribution in [3.8, 4) is 0 Å². The summed E-state index contributed by atoms with van der Waals surface area (Å²) in [6, 6.07) is 6.10. The number of carboxylic acid groups (broad SMARTS) is 3.